The molecule has 0 spiro atoms. The van der Waals surface area contributed by atoms with Crippen molar-refractivity contribution >= 4 is 28.9 Å². The van der Waals surface area contributed by atoms with Crippen LogP contribution in [0.4, 0.5) is 5.95 Å². The molecule has 0 saturated carbocycles. The molecule has 168 valence electrons. The Hall–Kier alpha value is -3.15. The highest BCUT2D eigenvalue weighted by atomic mass is 16.5. The Kier molecular flexibility index (Phi) is 6.31. The number of carbonyl (C=O) groups excluding carboxylic acids is 2. The third-order valence-corrected chi connectivity index (χ3v) is 6.14. The summed E-state index contributed by atoms with van der Waals surface area (Å²) in [7, 11) is 0. The highest BCUT2D eigenvalue weighted by molar-refractivity contribution is 6.08. The SMILES string of the molecule is CCOC(=O)C1C(=O)N(CCC(C)C)c2nc3ccccc3n2C1c1ccc(CC)cc1. The predicted molar refractivity (Wildman–Crippen MR) is 126 cm³/mol. The number of aromatic nitrogens is 2. The molecule has 1 aliphatic heterocycles. The van der Waals surface area contributed by atoms with Gasteiger partial charge >= 0.3 is 5.97 Å². The van der Waals surface area contributed by atoms with Crippen LogP contribution in [0, 0.1) is 11.8 Å². The summed E-state index contributed by atoms with van der Waals surface area (Å²) < 4.78 is 7.46. The van der Waals surface area contributed by atoms with Gasteiger partial charge in [0.05, 0.1) is 23.7 Å². The zero-order valence-corrected chi connectivity index (χ0v) is 19.2. The number of amides is 1. The molecule has 1 amide bonds. The van der Waals surface area contributed by atoms with Crippen molar-refractivity contribution in [2.24, 2.45) is 11.8 Å². The number of fused-ring (bicyclic) bond motifs is 3. The lowest BCUT2D eigenvalue weighted by molar-refractivity contribution is -0.153. The van der Waals surface area contributed by atoms with Gasteiger partial charge in [-0.05, 0) is 48.9 Å². The Morgan fingerprint density at radius 2 is 1.81 bits per heavy atom. The van der Waals surface area contributed by atoms with E-state index in [9.17, 15) is 9.59 Å². The summed E-state index contributed by atoms with van der Waals surface area (Å²) in [6.07, 6.45) is 1.74. The smallest absolute Gasteiger partial charge is 0.321 e. The van der Waals surface area contributed by atoms with Gasteiger partial charge in [0.25, 0.3) is 0 Å². The molecule has 3 aromatic rings. The lowest BCUT2D eigenvalue weighted by atomic mass is 9.88. The molecule has 0 saturated heterocycles. The van der Waals surface area contributed by atoms with E-state index in [1.165, 1.54) is 5.56 Å². The van der Waals surface area contributed by atoms with E-state index in [1.807, 2.05) is 36.4 Å². The van der Waals surface area contributed by atoms with Gasteiger partial charge in [-0.25, -0.2) is 4.98 Å². The fourth-order valence-corrected chi connectivity index (χ4v) is 4.40. The maximum absolute atomic E-state index is 13.8. The number of ether oxygens (including phenoxy) is 1. The molecule has 0 aliphatic carbocycles. The molecule has 0 bridgehead atoms. The van der Waals surface area contributed by atoms with Crippen LogP contribution in [-0.4, -0.2) is 34.6 Å². The van der Waals surface area contributed by atoms with E-state index in [0.717, 1.165) is 29.4 Å². The van der Waals surface area contributed by atoms with Gasteiger partial charge in [0.15, 0.2) is 5.92 Å². The number of aryl methyl sites for hydroxylation is 1. The minimum Gasteiger partial charge on any atom is -0.465 e. The molecular formula is C26H31N3O3. The van der Waals surface area contributed by atoms with Crippen molar-refractivity contribution < 1.29 is 14.3 Å². The lowest BCUT2D eigenvalue weighted by Gasteiger charge is -2.38. The number of esters is 1. The maximum atomic E-state index is 13.8. The quantitative estimate of drug-likeness (QED) is 0.398. The zero-order valence-electron chi connectivity index (χ0n) is 19.2. The molecule has 1 aliphatic rings. The minimum atomic E-state index is -0.959. The van der Waals surface area contributed by atoms with Crippen LogP contribution in [0.15, 0.2) is 48.5 Å². The van der Waals surface area contributed by atoms with Crippen LogP contribution >= 0.6 is 0 Å². The van der Waals surface area contributed by atoms with Crippen molar-refractivity contribution in [3.63, 3.8) is 0 Å². The van der Waals surface area contributed by atoms with Crippen molar-refractivity contribution in [3.05, 3.63) is 59.7 Å². The van der Waals surface area contributed by atoms with E-state index in [2.05, 4.69) is 37.5 Å². The van der Waals surface area contributed by atoms with Gasteiger partial charge in [-0.15, -0.1) is 0 Å². The highest BCUT2D eigenvalue weighted by Crippen LogP contribution is 2.41. The molecular weight excluding hydrogens is 402 g/mol. The maximum Gasteiger partial charge on any atom is 0.321 e. The average Bonchev–Trinajstić information content (AvgIpc) is 3.17. The molecule has 0 fully saturated rings. The Labute approximate surface area is 189 Å². The van der Waals surface area contributed by atoms with E-state index in [4.69, 9.17) is 9.72 Å². The first kappa shape index (κ1) is 22.1. The van der Waals surface area contributed by atoms with Crippen LogP contribution in [0.3, 0.4) is 0 Å². The molecule has 1 aromatic heterocycles. The van der Waals surface area contributed by atoms with Crippen molar-refractivity contribution in [2.75, 3.05) is 18.1 Å². The predicted octanol–water partition coefficient (Wildman–Crippen LogP) is 4.76. The number of hydrogen-bond acceptors (Lipinski definition) is 4. The third-order valence-electron chi connectivity index (χ3n) is 6.14. The van der Waals surface area contributed by atoms with Gasteiger partial charge in [0.1, 0.15) is 0 Å². The van der Waals surface area contributed by atoms with Crippen LogP contribution in [0.5, 0.6) is 0 Å². The van der Waals surface area contributed by atoms with E-state index < -0.39 is 17.9 Å². The van der Waals surface area contributed by atoms with E-state index in [1.54, 1.807) is 11.8 Å². The number of anilines is 1. The first-order valence-electron chi connectivity index (χ1n) is 11.5. The number of carbonyl (C=O) groups is 2. The number of para-hydroxylation sites is 2. The summed E-state index contributed by atoms with van der Waals surface area (Å²) in [6, 6.07) is 15.5. The fourth-order valence-electron chi connectivity index (χ4n) is 4.40. The van der Waals surface area contributed by atoms with Crippen LogP contribution in [0.25, 0.3) is 11.0 Å². The molecule has 2 atom stereocenters. The molecule has 0 radical (unpaired) electrons. The van der Waals surface area contributed by atoms with Crippen molar-refractivity contribution in [3.8, 4) is 0 Å². The lowest BCUT2D eigenvalue weighted by Crippen LogP contribution is -2.50. The van der Waals surface area contributed by atoms with Crippen molar-refractivity contribution in [1.82, 2.24) is 9.55 Å². The van der Waals surface area contributed by atoms with Gasteiger partial charge < -0.3 is 9.30 Å². The topological polar surface area (TPSA) is 64.4 Å². The summed E-state index contributed by atoms with van der Waals surface area (Å²) in [5.41, 5.74) is 3.83. The average molecular weight is 434 g/mol. The van der Waals surface area contributed by atoms with Gasteiger partial charge in [0.2, 0.25) is 11.9 Å². The monoisotopic (exact) mass is 433 g/mol. The van der Waals surface area contributed by atoms with Crippen LogP contribution in [0.2, 0.25) is 0 Å². The second-order valence-electron chi connectivity index (χ2n) is 8.71. The molecule has 2 unspecified atom stereocenters. The Balaban J connectivity index is 1.94. The third kappa shape index (κ3) is 3.90. The van der Waals surface area contributed by atoms with E-state index in [-0.39, 0.29) is 12.5 Å². The second-order valence-corrected chi connectivity index (χ2v) is 8.71. The fraction of sp³-hybridized carbons (Fsp3) is 0.423. The van der Waals surface area contributed by atoms with Gasteiger partial charge in [-0.3, -0.25) is 14.5 Å². The normalized spacial score (nSPS) is 18.3. The highest BCUT2D eigenvalue weighted by Gasteiger charge is 2.47. The summed E-state index contributed by atoms with van der Waals surface area (Å²) in [4.78, 5) is 33.4. The summed E-state index contributed by atoms with van der Waals surface area (Å²) in [5.74, 6) is -0.667. The summed E-state index contributed by atoms with van der Waals surface area (Å²) >= 11 is 0. The van der Waals surface area contributed by atoms with Crippen LogP contribution in [0.1, 0.15) is 51.3 Å². The number of rotatable bonds is 7. The number of imidazole rings is 1. The Morgan fingerprint density at radius 1 is 1.09 bits per heavy atom. The Bertz CT molecular complexity index is 1120. The van der Waals surface area contributed by atoms with Crippen molar-refractivity contribution in [1.29, 1.82) is 0 Å². The summed E-state index contributed by atoms with van der Waals surface area (Å²) in [5, 5.41) is 0. The largest absolute Gasteiger partial charge is 0.465 e. The molecule has 4 rings (SSSR count). The van der Waals surface area contributed by atoms with Gasteiger partial charge in [-0.2, -0.15) is 0 Å². The van der Waals surface area contributed by atoms with Crippen LogP contribution < -0.4 is 4.90 Å². The van der Waals surface area contributed by atoms with Gasteiger partial charge in [-0.1, -0.05) is 57.2 Å². The first-order valence-corrected chi connectivity index (χ1v) is 11.5. The zero-order chi connectivity index (χ0) is 22.8. The van der Waals surface area contributed by atoms with Crippen molar-refractivity contribution in [2.45, 2.75) is 46.6 Å². The van der Waals surface area contributed by atoms with Crippen LogP contribution in [-0.2, 0) is 20.7 Å². The molecule has 2 heterocycles. The first-order chi connectivity index (χ1) is 15.5. The van der Waals surface area contributed by atoms with E-state index >= 15 is 0 Å². The molecule has 2 aromatic carbocycles. The van der Waals surface area contributed by atoms with E-state index in [0.29, 0.717) is 18.4 Å². The minimum absolute atomic E-state index is 0.230. The number of nitrogens with zero attached hydrogens (tertiary/aromatic N) is 3. The standard InChI is InChI=1S/C26H31N3O3/c1-5-18-11-13-19(14-12-18)23-22(25(31)32-6-2)24(30)28(16-15-17(3)4)26-27-20-9-7-8-10-21(20)29(23)26/h7-14,17,22-23H,5-6,15-16H2,1-4H3. The number of benzene rings is 2. The van der Waals surface area contributed by atoms with Gasteiger partial charge in [0, 0.05) is 6.54 Å². The number of hydrogen-bond donors (Lipinski definition) is 0. The molecule has 0 N–H and O–H groups in total. The molecule has 6 nitrogen and oxygen atoms in total. The molecule has 32 heavy (non-hydrogen) atoms. The Morgan fingerprint density at radius 3 is 2.47 bits per heavy atom. The second kappa shape index (κ2) is 9.15. The summed E-state index contributed by atoms with van der Waals surface area (Å²) in [6.45, 7) is 8.86. The molecule has 6 heteroatoms.